The zero-order chi connectivity index (χ0) is 19.8. The van der Waals surface area contributed by atoms with E-state index < -0.39 is 5.78 Å². The fraction of sp³-hybridized carbons (Fsp3) is 0.0952. The molecule has 7 heteroatoms. The second kappa shape index (κ2) is 7.41. The zero-order valence-corrected chi connectivity index (χ0v) is 16.8. The number of aromatic hydroxyl groups is 1. The quantitative estimate of drug-likeness (QED) is 0.265. The topological polar surface area (TPSA) is 84.6 Å². The van der Waals surface area contributed by atoms with Crippen LogP contribution < -0.4 is 0 Å². The number of fused-ring (bicyclic) bond motifs is 2. The van der Waals surface area contributed by atoms with Crippen LogP contribution in [0.1, 0.15) is 42.4 Å². The van der Waals surface area contributed by atoms with E-state index in [9.17, 15) is 19.5 Å². The molecule has 0 fully saturated rings. The Morgan fingerprint density at radius 1 is 1.00 bits per heavy atom. The molecule has 0 radical (unpaired) electrons. The van der Waals surface area contributed by atoms with E-state index in [-0.39, 0.29) is 39.5 Å². The van der Waals surface area contributed by atoms with Crippen LogP contribution in [0.3, 0.4) is 0 Å². The molecule has 0 atom stereocenters. The first-order valence-electron chi connectivity index (χ1n) is 8.39. The molecule has 140 valence electrons. The lowest BCUT2D eigenvalue weighted by Crippen LogP contribution is -2.22. The predicted octanol–water partition coefficient (Wildman–Crippen LogP) is 4.73. The van der Waals surface area contributed by atoms with Crippen molar-refractivity contribution < 1.29 is 23.9 Å². The van der Waals surface area contributed by atoms with Crippen molar-refractivity contribution in [1.29, 1.82) is 0 Å². The van der Waals surface area contributed by atoms with Gasteiger partial charge in [-0.1, -0.05) is 40.2 Å². The normalized spacial score (nSPS) is 12.6. The summed E-state index contributed by atoms with van der Waals surface area (Å²) in [5, 5.41) is 11.3. The minimum absolute atomic E-state index is 0.0362. The fourth-order valence-corrected chi connectivity index (χ4v) is 4.63. The molecule has 0 aliphatic heterocycles. The summed E-state index contributed by atoms with van der Waals surface area (Å²) in [6.45, 7) is 0. The molecule has 4 rings (SSSR count). The van der Waals surface area contributed by atoms with E-state index in [2.05, 4.69) is 15.9 Å². The predicted molar refractivity (Wildman–Crippen MR) is 109 cm³/mol. The van der Waals surface area contributed by atoms with E-state index in [1.165, 1.54) is 23.9 Å². The number of ketones is 2. The lowest BCUT2D eigenvalue weighted by Gasteiger charge is -2.22. The number of phenolic OH excluding ortho intramolecular Hbond substituents is 1. The maximum absolute atomic E-state index is 13.3. The van der Waals surface area contributed by atoms with Crippen molar-refractivity contribution in [2.24, 2.45) is 0 Å². The average Bonchev–Trinajstić information content (AvgIpc) is 3.18. The van der Waals surface area contributed by atoms with Crippen LogP contribution in [0.2, 0.25) is 0 Å². The molecule has 0 amide bonds. The van der Waals surface area contributed by atoms with Gasteiger partial charge in [0.25, 0.3) is 0 Å². The van der Waals surface area contributed by atoms with Gasteiger partial charge in [0, 0.05) is 38.2 Å². The van der Waals surface area contributed by atoms with E-state index in [0.717, 1.165) is 0 Å². The molecule has 0 saturated carbocycles. The minimum atomic E-state index is -0.414. The van der Waals surface area contributed by atoms with Crippen molar-refractivity contribution in [2.45, 2.75) is 4.90 Å². The number of halogens is 1. The first-order valence-corrected chi connectivity index (χ1v) is 10.5. The summed E-state index contributed by atoms with van der Waals surface area (Å²) in [5.74, 6) is 0.0691. The SMILES string of the molecule is O=Cc1ccc(-c2c(SCCBr)cc(O)c3c2C(=O)c2ccccc2C3=O)o1. The summed E-state index contributed by atoms with van der Waals surface area (Å²) in [4.78, 5) is 38.0. The van der Waals surface area contributed by atoms with Crippen molar-refractivity contribution in [3.05, 3.63) is 70.5 Å². The molecule has 1 aromatic heterocycles. The largest absolute Gasteiger partial charge is 0.507 e. The van der Waals surface area contributed by atoms with Crippen LogP contribution >= 0.6 is 27.7 Å². The van der Waals surface area contributed by atoms with Crippen molar-refractivity contribution in [3.63, 3.8) is 0 Å². The van der Waals surface area contributed by atoms with Gasteiger partial charge in [-0.25, -0.2) is 0 Å². The molecule has 3 aromatic rings. The van der Waals surface area contributed by atoms with Crippen LogP contribution in [0.25, 0.3) is 11.3 Å². The number of hydrogen-bond donors (Lipinski definition) is 1. The lowest BCUT2D eigenvalue weighted by molar-refractivity contribution is 0.0976. The molecule has 0 spiro atoms. The summed E-state index contributed by atoms with van der Waals surface area (Å²) < 4.78 is 5.58. The van der Waals surface area contributed by atoms with E-state index >= 15 is 0 Å². The monoisotopic (exact) mass is 456 g/mol. The molecule has 28 heavy (non-hydrogen) atoms. The number of aldehydes is 1. The van der Waals surface area contributed by atoms with Gasteiger partial charge in [0.1, 0.15) is 11.5 Å². The van der Waals surface area contributed by atoms with Gasteiger partial charge in [-0.05, 0) is 18.2 Å². The standard InChI is InChI=1S/C21H13BrO5S/c22-7-8-28-16-9-14(24)17-19(18(16)15-6-5-11(10-23)27-15)21(26)13-4-2-1-3-12(13)20(17)25/h1-6,9-10,24H,7-8H2. The first kappa shape index (κ1) is 18.7. The van der Waals surface area contributed by atoms with E-state index in [4.69, 9.17) is 4.42 Å². The smallest absolute Gasteiger partial charge is 0.198 e. The second-order valence-electron chi connectivity index (χ2n) is 6.08. The van der Waals surface area contributed by atoms with Crippen molar-refractivity contribution in [2.75, 3.05) is 11.1 Å². The molecule has 2 aromatic carbocycles. The van der Waals surface area contributed by atoms with Crippen LogP contribution in [0.15, 0.2) is 51.8 Å². The van der Waals surface area contributed by atoms with Crippen LogP contribution in [-0.2, 0) is 0 Å². The van der Waals surface area contributed by atoms with Gasteiger partial charge in [0.05, 0.1) is 5.56 Å². The van der Waals surface area contributed by atoms with Gasteiger partial charge < -0.3 is 9.52 Å². The van der Waals surface area contributed by atoms with Crippen molar-refractivity contribution in [1.82, 2.24) is 0 Å². The number of benzene rings is 2. The highest BCUT2D eigenvalue weighted by Gasteiger charge is 2.36. The minimum Gasteiger partial charge on any atom is -0.507 e. The fourth-order valence-electron chi connectivity index (χ4n) is 3.31. The number of carbonyl (C=O) groups is 3. The lowest BCUT2D eigenvalue weighted by atomic mass is 9.81. The highest BCUT2D eigenvalue weighted by molar-refractivity contribution is 9.09. The molecule has 0 bridgehead atoms. The van der Waals surface area contributed by atoms with Gasteiger partial charge in [-0.3, -0.25) is 14.4 Å². The number of thioether (sulfide) groups is 1. The third-order valence-electron chi connectivity index (χ3n) is 4.46. The number of furan rings is 1. The summed E-state index contributed by atoms with van der Waals surface area (Å²) in [7, 11) is 0. The maximum Gasteiger partial charge on any atom is 0.198 e. The van der Waals surface area contributed by atoms with Gasteiger partial charge in [0.2, 0.25) is 0 Å². The van der Waals surface area contributed by atoms with E-state index in [1.807, 2.05) is 0 Å². The van der Waals surface area contributed by atoms with Gasteiger partial charge in [0.15, 0.2) is 23.6 Å². The number of carbonyl (C=O) groups excluding carboxylic acids is 3. The molecular weight excluding hydrogens is 444 g/mol. The average molecular weight is 457 g/mol. The Bertz CT molecular complexity index is 1130. The number of alkyl halides is 1. The van der Waals surface area contributed by atoms with E-state index in [1.54, 1.807) is 30.3 Å². The van der Waals surface area contributed by atoms with E-state index in [0.29, 0.717) is 33.6 Å². The molecular formula is C21H13BrO5S. The van der Waals surface area contributed by atoms with Crippen LogP contribution in [0.5, 0.6) is 5.75 Å². The van der Waals surface area contributed by atoms with Crippen molar-refractivity contribution >= 4 is 45.5 Å². The molecule has 0 saturated heterocycles. The number of hydrogen-bond acceptors (Lipinski definition) is 6. The third-order valence-corrected chi connectivity index (χ3v) is 6.43. The Hall–Kier alpha value is -2.64. The summed E-state index contributed by atoms with van der Waals surface area (Å²) >= 11 is 4.78. The Balaban J connectivity index is 2.04. The van der Waals surface area contributed by atoms with Crippen molar-refractivity contribution in [3.8, 4) is 17.1 Å². The zero-order valence-electron chi connectivity index (χ0n) is 14.4. The van der Waals surface area contributed by atoms with Crippen LogP contribution in [0, 0.1) is 0 Å². The Morgan fingerprint density at radius 3 is 2.29 bits per heavy atom. The van der Waals surface area contributed by atoms with Crippen LogP contribution in [-0.4, -0.2) is 34.0 Å². The maximum atomic E-state index is 13.3. The number of phenols is 1. The third kappa shape index (κ3) is 2.91. The first-order chi connectivity index (χ1) is 13.6. The van der Waals surface area contributed by atoms with Gasteiger partial charge in [-0.15, -0.1) is 11.8 Å². The van der Waals surface area contributed by atoms with Gasteiger partial charge >= 0.3 is 0 Å². The molecule has 5 nitrogen and oxygen atoms in total. The molecule has 1 heterocycles. The summed E-state index contributed by atoms with van der Waals surface area (Å²) in [6.07, 6.45) is 0.573. The Labute approximate surface area is 172 Å². The summed E-state index contributed by atoms with van der Waals surface area (Å²) in [6, 6.07) is 11.1. The molecule has 0 unspecified atom stereocenters. The van der Waals surface area contributed by atoms with Gasteiger partial charge in [-0.2, -0.15) is 0 Å². The Kier molecular flexibility index (Phi) is 4.95. The molecule has 1 aliphatic rings. The highest BCUT2D eigenvalue weighted by atomic mass is 79.9. The Morgan fingerprint density at radius 2 is 1.68 bits per heavy atom. The molecule has 1 aliphatic carbocycles. The highest BCUT2D eigenvalue weighted by Crippen LogP contribution is 2.44. The number of rotatable bonds is 5. The summed E-state index contributed by atoms with van der Waals surface area (Å²) in [5.41, 5.74) is 1.03. The van der Waals surface area contributed by atoms with Crippen LogP contribution in [0.4, 0.5) is 0 Å². The molecule has 1 N–H and O–H groups in total. The second-order valence-corrected chi connectivity index (χ2v) is 8.01.